The summed E-state index contributed by atoms with van der Waals surface area (Å²) in [6.45, 7) is 3.30. The van der Waals surface area contributed by atoms with Crippen molar-refractivity contribution < 1.29 is 19.1 Å². The summed E-state index contributed by atoms with van der Waals surface area (Å²) in [4.78, 5) is 53.9. The van der Waals surface area contributed by atoms with Crippen LogP contribution >= 0.6 is 0 Å². The van der Waals surface area contributed by atoms with Gasteiger partial charge in [0.15, 0.2) is 11.6 Å². The van der Waals surface area contributed by atoms with E-state index in [9.17, 15) is 14.4 Å². The molecule has 13 heteroatoms. The number of nitrogens with one attached hydrogen (secondary N) is 1. The summed E-state index contributed by atoms with van der Waals surface area (Å²) in [5, 5.41) is 12.7. The highest BCUT2D eigenvalue weighted by molar-refractivity contribution is 6.45. The van der Waals surface area contributed by atoms with E-state index in [0.717, 1.165) is 5.57 Å². The molecule has 1 N–H and O–H groups in total. The lowest BCUT2D eigenvalue weighted by Crippen LogP contribution is -2.50. The average Bonchev–Trinajstić information content (AvgIpc) is 3.59. The Kier molecular flexibility index (Phi) is 5.66. The van der Waals surface area contributed by atoms with E-state index in [1.807, 2.05) is 23.1 Å². The lowest BCUT2D eigenvalue weighted by molar-refractivity contribution is -0.127. The maximum absolute atomic E-state index is 13.4. The van der Waals surface area contributed by atoms with Gasteiger partial charge >= 0.3 is 0 Å². The van der Waals surface area contributed by atoms with Crippen LogP contribution in [0.1, 0.15) is 16.2 Å². The standard InChI is InChI=1S/C25H23N9O4/c1-14-28-13-34(31-14)23-20-19(18(38-2)12-27-23)17(11-26-20)21(35)25(37)33-9-7-32(8-10-33)22-15-5-3-4-6-16(15)24(36)30-29-22/h3-6,11-13,16,26H,7-10H2,1-2H3. The van der Waals surface area contributed by atoms with Gasteiger partial charge in [-0.3, -0.25) is 14.4 Å². The van der Waals surface area contributed by atoms with Crippen LogP contribution in [0.15, 0.2) is 64.6 Å². The number of nitrogens with zero attached hydrogens (tertiary/aromatic N) is 8. The highest BCUT2D eigenvalue weighted by Crippen LogP contribution is 2.33. The molecule has 3 aromatic heterocycles. The Morgan fingerprint density at radius 3 is 2.66 bits per heavy atom. The van der Waals surface area contributed by atoms with E-state index in [1.54, 1.807) is 13.0 Å². The Labute approximate surface area is 216 Å². The Morgan fingerprint density at radius 1 is 1.11 bits per heavy atom. The molecule has 5 heterocycles. The highest BCUT2D eigenvalue weighted by Gasteiger charge is 2.34. The fraction of sp³-hybridized carbons (Fsp3) is 0.280. The molecule has 0 spiro atoms. The average molecular weight is 514 g/mol. The van der Waals surface area contributed by atoms with E-state index in [0.29, 0.717) is 60.3 Å². The zero-order chi connectivity index (χ0) is 26.4. The zero-order valence-corrected chi connectivity index (χ0v) is 20.7. The second kappa shape index (κ2) is 9.18. The van der Waals surface area contributed by atoms with Gasteiger partial charge in [0, 0.05) is 37.9 Å². The predicted octanol–water partition coefficient (Wildman–Crippen LogP) is 1.73. The van der Waals surface area contributed by atoms with Gasteiger partial charge in [-0.2, -0.15) is 5.10 Å². The van der Waals surface area contributed by atoms with E-state index in [4.69, 9.17) is 4.74 Å². The predicted molar refractivity (Wildman–Crippen MR) is 133 cm³/mol. The summed E-state index contributed by atoms with van der Waals surface area (Å²) in [5.41, 5.74) is 1.49. The van der Waals surface area contributed by atoms with Crippen LogP contribution in [-0.2, 0) is 9.59 Å². The largest absolute Gasteiger partial charge is 0.494 e. The molecule has 0 saturated carbocycles. The van der Waals surface area contributed by atoms with E-state index >= 15 is 0 Å². The number of azo groups is 1. The summed E-state index contributed by atoms with van der Waals surface area (Å²) in [6.07, 6.45) is 11.9. The number of piperazine rings is 1. The van der Waals surface area contributed by atoms with Gasteiger partial charge in [0.05, 0.1) is 35.7 Å². The number of ether oxygens (including phenoxy) is 1. The Hall–Kier alpha value is -4.94. The first-order valence-electron chi connectivity index (χ1n) is 12.0. The van der Waals surface area contributed by atoms with Crippen molar-refractivity contribution in [1.29, 1.82) is 0 Å². The third-order valence-electron chi connectivity index (χ3n) is 6.80. The molecule has 192 valence electrons. The number of Topliss-reactive ketones (excluding diaryl/α,β-unsaturated/α-hetero) is 1. The number of fused-ring (bicyclic) bond motifs is 2. The van der Waals surface area contributed by atoms with Crippen molar-refractivity contribution in [1.82, 2.24) is 34.5 Å². The first-order valence-corrected chi connectivity index (χ1v) is 12.0. The highest BCUT2D eigenvalue weighted by atomic mass is 16.5. The van der Waals surface area contributed by atoms with Crippen LogP contribution in [0.3, 0.4) is 0 Å². The normalized spacial score (nSPS) is 18.9. The van der Waals surface area contributed by atoms with Crippen molar-refractivity contribution in [3.63, 3.8) is 0 Å². The maximum atomic E-state index is 13.4. The van der Waals surface area contributed by atoms with Crippen molar-refractivity contribution in [2.45, 2.75) is 6.92 Å². The number of hydrogen-bond donors (Lipinski definition) is 1. The SMILES string of the molecule is COc1cnc(-n2cnc(C)n2)c2[nH]cc(C(=O)C(=O)N3CCN(C4=C5C=CC=CC5C(=O)N=N4)CC3)c12. The van der Waals surface area contributed by atoms with E-state index < -0.39 is 17.6 Å². The Balaban J connectivity index is 1.23. The molecule has 3 aromatic rings. The molecule has 2 aliphatic heterocycles. The fourth-order valence-electron chi connectivity index (χ4n) is 4.87. The first-order chi connectivity index (χ1) is 18.5. The molecule has 1 aliphatic carbocycles. The minimum absolute atomic E-state index is 0.191. The first kappa shape index (κ1) is 23.5. The van der Waals surface area contributed by atoms with E-state index in [-0.39, 0.29) is 11.5 Å². The van der Waals surface area contributed by atoms with Gasteiger partial charge in [-0.05, 0) is 6.92 Å². The van der Waals surface area contributed by atoms with Crippen molar-refractivity contribution in [3.8, 4) is 11.6 Å². The van der Waals surface area contributed by atoms with Crippen LogP contribution in [0.5, 0.6) is 5.75 Å². The second-order valence-electron chi connectivity index (χ2n) is 8.99. The number of aromatic amines is 1. The van der Waals surface area contributed by atoms with Gasteiger partial charge in [0.1, 0.15) is 17.9 Å². The molecular weight excluding hydrogens is 490 g/mol. The van der Waals surface area contributed by atoms with Crippen molar-refractivity contribution >= 4 is 28.5 Å². The Bertz CT molecular complexity index is 1600. The van der Waals surface area contributed by atoms with Crippen LogP contribution in [0.25, 0.3) is 16.7 Å². The van der Waals surface area contributed by atoms with Gasteiger partial charge in [-0.25, -0.2) is 14.6 Å². The number of carbonyl (C=O) groups is 3. The van der Waals surface area contributed by atoms with Gasteiger partial charge in [-0.15, -0.1) is 10.2 Å². The number of pyridine rings is 1. The molecule has 6 rings (SSSR count). The number of amides is 2. The molecule has 0 aromatic carbocycles. The second-order valence-corrected chi connectivity index (χ2v) is 8.99. The molecule has 2 amide bonds. The van der Waals surface area contributed by atoms with E-state index in [2.05, 4.69) is 30.3 Å². The zero-order valence-electron chi connectivity index (χ0n) is 20.7. The van der Waals surface area contributed by atoms with E-state index in [1.165, 1.54) is 35.4 Å². The van der Waals surface area contributed by atoms with Crippen LogP contribution in [-0.4, -0.2) is 85.4 Å². The molecule has 1 saturated heterocycles. The minimum atomic E-state index is -0.652. The topological polar surface area (TPSA) is 151 Å². The van der Waals surface area contributed by atoms with Crippen molar-refractivity contribution in [2.24, 2.45) is 16.1 Å². The van der Waals surface area contributed by atoms with Gasteiger partial charge in [-0.1, -0.05) is 24.3 Å². The lowest BCUT2D eigenvalue weighted by atomic mass is 9.92. The number of aryl methyl sites for hydroxylation is 1. The third kappa shape index (κ3) is 3.79. The molecule has 38 heavy (non-hydrogen) atoms. The monoisotopic (exact) mass is 513 g/mol. The molecule has 1 atom stereocenters. The maximum Gasteiger partial charge on any atom is 0.295 e. The van der Waals surface area contributed by atoms with Crippen LogP contribution in [0.4, 0.5) is 0 Å². The number of aromatic nitrogens is 5. The molecule has 13 nitrogen and oxygen atoms in total. The van der Waals surface area contributed by atoms with Gasteiger partial charge < -0.3 is 19.5 Å². The summed E-state index contributed by atoms with van der Waals surface area (Å²) in [7, 11) is 1.48. The van der Waals surface area contributed by atoms with Crippen LogP contribution in [0, 0.1) is 12.8 Å². The smallest absolute Gasteiger partial charge is 0.295 e. The molecular formula is C25H23N9O4. The summed E-state index contributed by atoms with van der Waals surface area (Å²) < 4.78 is 6.96. The number of allylic oxidation sites excluding steroid dienone is 3. The number of hydrogen-bond acceptors (Lipinski definition) is 9. The number of methoxy groups -OCH3 is 1. The van der Waals surface area contributed by atoms with Gasteiger partial charge in [0.2, 0.25) is 0 Å². The minimum Gasteiger partial charge on any atom is -0.494 e. The third-order valence-corrected chi connectivity index (χ3v) is 6.80. The molecule has 1 fully saturated rings. The quantitative estimate of drug-likeness (QED) is 0.400. The number of rotatable bonds is 5. The summed E-state index contributed by atoms with van der Waals surface area (Å²) >= 11 is 0. The fourth-order valence-corrected chi connectivity index (χ4v) is 4.87. The van der Waals surface area contributed by atoms with Crippen molar-refractivity contribution in [3.05, 3.63) is 65.8 Å². The number of carbonyl (C=O) groups excluding carboxylic acids is 3. The van der Waals surface area contributed by atoms with Gasteiger partial charge in [0.25, 0.3) is 17.6 Å². The van der Waals surface area contributed by atoms with Crippen LogP contribution < -0.4 is 4.74 Å². The molecule has 1 unspecified atom stereocenters. The number of H-pyrrole nitrogens is 1. The molecule has 3 aliphatic rings. The lowest BCUT2D eigenvalue weighted by Gasteiger charge is -2.37. The molecule has 0 bridgehead atoms. The van der Waals surface area contributed by atoms with Crippen LogP contribution in [0.2, 0.25) is 0 Å². The summed E-state index contributed by atoms with van der Waals surface area (Å²) in [6, 6.07) is 0. The van der Waals surface area contributed by atoms with Crippen molar-refractivity contribution in [2.75, 3.05) is 33.3 Å². The summed E-state index contributed by atoms with van der Waals surface area (Å²) in [5.74, 6) is -0.0182. The number of ketones is 1. The molecule has 0 radical (unpaired) electrons. The Morgan fingerprint density at radius 2 is 1.92 bits per heavy atom.